The van der Waals surface area contributed by atoms with Gasteiger partial charge in [-0.25, -0.2) is 0 Å². The molecule has 0 aliphatic heterocycles. The summed E-state index contributed by atoms with van der Waals surface area (Å²) < 4.78 is 0. The minimum Gasteiger partial charge on any atom is -0.310 e. The molecule has 0 saturated heterocycles. The van der Waals surface area contributed by atoms with E-state index in [1.54, 1.807) is 0 Å². The minimum atomic E-state index is 0.412. The Balaban J connectivity index is 2.74. The summed E-state index contributed by atoms with van der Waals surface area (Å²) in [7, 11) is 1.97. The molecule has 10 heavy (non-hydrogen) atoms. The Labute approximate surface area is 62.1 Å². The van der Waals surface area contributed by atoms with Crippen LogP contribution in [0.15, 0.2) is 36.0 Å². The maximum absolute atomic E-state index is 3.20. The quantitative estimate of drug-likeness (QED) is 0.576. The molecule has 0 amide bonds. The lowest BCUT2D eigenvalue weighted by molar-refractivity contribution is 0.761. The van der Waals surface area contributed by atoms with Gasteiger partial charge in [-0.05, 0) is 19.5 Å². The van der Waals surface area contributed by atoms with Gasteiger partial charge in [0.25, 0.3) is 0 Å². The van der Waals surface area contributed by atoms with Crippen LogP contribution in [0, 0.1) is 0 Å². The highest BCUT2D eigenvalue weighted by molar-refractivity contribution is 5.35. The first-order valence-electron chi connectivity index (χ1n) is 3.57. The number of rotatable bonds is 1. The van der Waals surface area contributed by atoms with E-state index in [0.717, 1.165) is 0 Å². The van der Waals surface area contributed by atoms with Gasteiger partial charge in [0.2, 0.25) is 0 Å². The van der Waals surface area contributed by atoms with Gasteiger partial charge < -0.3 is 5.32 Å². The predicted octanol–water partition coefficient (Wildman–Crippen LogP) is 1.65. The largest absolute Gasteiger partial charge is 0.310 e. The van der Waals surface area contributed by atoms with Crippen molar-refractivity contribution in [3.8, 4) is 0 Å². The molecule has 0 aromatic rings. The first-order valence-corrected chi connectivity index (χ1v) is 3.57. The minimum absolute atomic E-state index is 0.412. The number of nitrogens with one attached hydrogen (secondary N) is 1. The first-order chi connectivity index (χ1) is 4.88. The van der Waals surface area contributed by atoms with E-state index in [1.807, 2.05) is 7.05 Å². The molecular weight excluding hydrogens is 122 g/mol. The molecule has 0 aromatic carbocycles. The summed E-state index contributed by atoms with van der Waals surface area (Å²) in [4.78, 5) is 0. The molecule has 0 saturated carbocycles. The van der Waals surface area contributed by atoms with Crippen molar-refractivity contribution in [3.05, 3.63) is 36.0 Å². The molecule has 1 rings (SSSR count). The molecule has 1 N–H and O–H groups in total. The molecule has 0 aromatic heterocycles. The van der Waals surface area contributed by atoms with Gasteiger partial charge in [-0.2, -0.15) is 0 Å². The first kappa shape index (κ1) is 7.29. The summed E-state index contributed by atoms with van der Waals surface area (Å²) in [5.74, 6) is 0. The van der Waals surface area contributed by atoms with Gasteiger partial charge in [-0.3, -0.25) is 0 Å². The van der Waals surface area contributed by atoms with E-state index in [9.17, 15) is 0 Å². The fraction of sp³-hybridized carbons (Fsp3) is 0.333. The summed E-state index contributed by atoms with van der Waals surface area (Å²) >= 11 is 0. The number of allylic oxidation sites excluding steroid dienone is 3. The molecule has 0 heterocycles. The summed E-state index contributed by atoms with van der Waals surface area (Å²) in [5.41, 5.74) is 1.34. The second-order valence-electron chi connectivity index (χ2n) is 2.30. The van der Waals surface area contributed by atoms with Crippen LogP contribution in [0.2, 0.25) is 0 Å². The smallest absolute Gasteiger partial charge is 0.0503 e. The second kappa shape index (κ2) is 3.37. The lowest BCUT2D eigenvalue weighted by atomic mass is 10.0. The Morgan fingerprint density at radius 1 is 1.50 bits per heavy atom. The van der Waals surface area contributed by atoms with Crippen molar-refractivity contribution in [1.29, 1.82) is 0 Å². The van der Waals surface area contributed by atoms with E-state index in [4.69, 9.17) is 0 Å². The predicted molar refractivity (Wildman–Crippen MR) is 44.9 cm³/mol. The second-order valence-corrected chi connectivity index (χ2v) is 2.30. The van der Waals surface area contributed by atoms with Crippen molar-refractivity contribution in [1.82, 2.24) is 5.32 Å². The van der Waals surface area contributed by atoms with Crippen LogP contribution in [0.3, 0.4) is 0 Å². The average Bonchev–Trinajstić information content (AvgIpc) is 2.04. The molecule has 0 radical (unpaired) electrons. The van der Waals surface area contributed by atoms with Gasteiger partial charge in [0.1, 0.15) is 0 Å². The highest BCUT2D eigenvalue weighted by Crippen LogP contribution is 2.09. The van der Waals surface area contributed by atoms with Crippen molar-refractivity contribution in [2.45, 2.75) is 13.0 Å². The topological polar surface area (TPSA) is 12.0 Å². The SMILES string of the molecule is CC=C1C=CC=CC1NC. The molecule has 0 bridgehead atoms. The summed E-state index contributed by atoms with van der Waals surface area (Å²) in [6.45, 7) is 2.06. The highest BCUT2D eigenvalue weighted by atomic mass is 14.9. The Hall–Kier alpha value is -0.820. The van der Waals surface area contributed by atoms with Crippen LogP contribution in [0.5, 0.6) is 0 Å². The van der Waals surface area contributed by atoms with E-state index >= 15 is 0 Å². The summed E-state index contributed by atoms with van der Waals surface area (Å²) in [5, 5.41) is 3.20. The zero-order chi connectivity index (χ0) is 7.40. The molecule has 54 valence electrons. The van der Waals surface area contributed by atoms with Gasteiger partial charge >= 0.3 is 0 Å². The van der Waals surface area contributed by atoms with Gasteiger partial charge in [0.15, 0.2) is 0 Å². The maximum Gasteiger partial charge on any atom is 0.0503 e. The molecule has 1 aliphatic carbocycles. The molecule has 1 unspecified atom stereocenters. The van der Waals surface area contributed by atoms with Gasteiger partial charge in [0, 0.05) is 0 Å². The molecule has 1 atom stereocenters. The fourth-order valence-electron chi connectivity index (χ4n) is 1.10. The standard InChI is InChI=1S/C9H13N/c1-3-8-6-4-5-7-9(8)10-2/h3-7,9-10H,1-2H3. The number of likely N-dealkylation sites (N-methyl/N-ethyl adjacent to an activating group) is 1. The van der Waals surface area contributed by atoms with Crippen LogP contribution in [0.1, 0.15) is 6.92 Å². The van der Waals surface area contributed by atoms with Gasteiger partial charge in [-0.1, -0.05) is 30.4 Å². The van der Waals surface area contributed by atoms with E-state index in [0.29, 0.717) is 6.04 Å². The zero-order valence-corrected chi connectivity index (χ0v) is 6.46. The Morgan fingerprint density at radius 3 is 2.80 bits per heavy atom. The highest BCUT2D eigenvalue weighted by Gasteiger charge is 2.05. The Kier molecular flexibility index (Phi) is 2.46. The van der Waals surface area contributed by atoms with Crippen LogP contribution in [0.25, 0.3) is 0 Å². The lowest BCUT2D eigenvalue weighted by Crippen LogP contribution is -2.25. The molecule has 1 nitrogen and oxygen atoms in total. The van der Waals surface area contributed by atoms with E-state index < -0.39 is 0 Å². The molecule has 1 heteroatoms. The Bertz CT molecular complexity index is 187. The van der Waals surface area contributed by atoms with Gasteiger partial charge in [-0.15, -0.1) is 0 Å². The summed E-state index contributed by atoms with van der Waals surface area (Å²) in [6.07, 6.45) is 10.5. The fourth-order valence-corrected chi connectivity index (χ4v) is 1.10. The zero-order valence-electron chi connectivity index (χ0n) is 6.46. The van der Waals surface area contributed by atoms with Crippen LogP contribution in [-0.4, -0.2) is 13.1 Å². The average molecular weight is 135 g/mol. The monoisotopic (exact) mass is 135 g/mol. The van der Waals surface area contributed by atoms with Crippen LogP contribution >= 0.6 is 0 Å². The molecule has 0 spiro atoms. The third kappa shape index (κ3) is 1.36. The molecular formula is C9H13N. The van der Waals surface area contributed by atoms with Crippen LogP contribution in [-0.2, 0) is 0 Å². The van der Waals surface area contributed by atoms with Crippen LogP contribution in [0.4, 0.5) is 0 Å². The maximum atomic E-state index is 3.20. The van der Waals surface area contributed by atoms with E-state index in [-0.39, 0.29) is 0 Å². The van der Waals surface area contributed by atoms with Crippen molar-refractivity contribution < 1.29 is 0 Å². The van der Waals surface area contributed by atoms with Gasteiger partial charge in [0.05, 0.1) is 6.04 Å². The van der Waals surface area contributed by atoms with Crippen LogP contribution < -0.4 is 5.32 Å². The third-order valence-corrected chi connectivity index (χ3v) is 1.71. The molecule has 0 fully saturated rings. The number of hydrogen-bond donors (Lipinski definition) is 1. The van der Waals surface area contributed by atoms with Crippen molar-refractivity contribution >= 4 is 0 Å². The third-order valence-electron chi connectivity index (χ3n) is 1.71. The van der Waals surface area contributed by atoms with Crippen molar-refractivity contribution in [2.24, 2.45) is 0 Å². The normalized spacial score (nSPS) is 27.8. The lowest BCUT2D eigenvalue weighted by Gasteiger charge is -2.14. The van der Waals surface area contributed by atoms with Crippen molar-refractivity contribution in [3.63, 3.8) is 0 Å². The van der Waals surface area contributed by atoms with Crippen molar-refractivity contribution in [2.75, 3.05) is 7.05 Å². The molecule has 1 aliphatic rings. The van der Waals surface area contributed by atoms with E-state index in [1.165, 1.54) is 5.57 Å². The van der Waals surface area contributed by atoms with E-state index in [2.05, 4.69) is 42.6 Å². The Morgan fingerprint density at radius 2 is 2.30 bits per heavy atom. The number of hydrogen-bond acceptors (Lipinski definition) is 1. The summed E-state index contributed by atoms with van der Waals surface area (Å²) in [6, 6.07) is 0.412.